The van der Waals surface area contributed by atoms with Crippen LogP contribution in [0.2, 0.25) is 0 Å². The summed E-state index contributed by atoms with van der Waals surface area (Å²) in [5.41, 5.74) is 1.60. The number of benzene rings is 1. The topological polar surface area (TPSA) is 35.5 Å². The van der Waals surface area contributed by atoms with Gasteiger partial charge in [0.25, 0.3) is 0 Å². The molecule has 2 rings (SSSR count). The lowest BCUT2D eigenvalue weighted by Gasteiger charge is -2.03. The van der Waals surface area contributed by atoms with Crippen molar-refractivity contribution in [3.63, 3.8) is 0 Å². The van der Waals surface area contributed by atoms with Crippen LogP contribution in [0.5, 0.6) is 5.75 Å². The Bertz CT molecular complexity index is 409. The van der Waals surface area contributed by atoms with Gasteiger partial charge in [0.1, 0.15) is 5.75 Å². The van der Waals surface area contributed by atoms with Crippen LogP contribution in [-0.2, 0) is 4.74 Å². The van der Waals surface area contributed by atoms with Crippen molar-refractivity contribution in [3.8, 4) is 5.75 Å². The Morgan fingerprint density at radius 3 is 3.13 bits per heavy atom. The molecule has 0 amide bonds. The molecule has 1 unspecified atom stereocenters. The van der Waals surface area contributed by atoms with Crippen molar-refractivity contribution in [2.24, 2.45) is 0 Å². The van der Waals surface area contributed by atoms with Gasteiger partial charge in [-0.2, -0.15) is 0 Å². The normalized spacial score (nSPS) is 17.8. The molecule has 15 heavy (non-hydrogen) atoms. The molecule has 3 heteroatoms. The van der Waals surface area contributed by atoms with Crippen molar-refractivity contribution in [2.75, 3.05) is 13.7 Å². The van der Waals surface area contributed by atoms with Gasteiger partial charge in [0.05, 0.1) is 19.3 Å². The third kappa shape index (κ3) is 1.61. The minimum atomic E-state index is -0.344. The molecule has 0 saturated heterocycles. The Hall–Kier alpha value is -1.77. The first kappa shape index (κ1) is 9.77. The van der Waals surface area contributed by atoms with E-state index in [0.717, 1.165) is 11.3 Å². The molecule has 1 aliphatic heterocycles. The number of carbonyl (C=O) groups excluding carboxylic acids is 1. The molecule has 1 atom stereocenters. The zero-order valence-corrected chi connectivity index (χ0v) is 8.53. The molecule has 1 aromatic rings. The highest BCUT2D eigenvalue weighted by atomic mass is 16.5. The Morgan fingerprint density at radius 1 is 1.67 bits per heavy atom. The molecular formula is C12H12O3. The van der Waals surface area contributed by atoms with E-state index in [1.165, 1.54) is 7.11 Å². The third-order valence-electron chi connectivity index (χ3n) is 2.54. The number of esters is 1. The third-order valence-corrected chi connectivity index (χ3v) is 2.54. The summed E-state index contributed by atoms with van der Waals surface area (Å²) < 4.78 is 10.1. The number of carbonyl (C=O) groups is 1. The second-order valence-electron chi connectivity index (χ2n) is 3.40. The minimum Gasteiger partial charge on any atom is -0.492 e. The molecule has 0 saturated carbocycles. The summed E-state index contributed by atoms with van der Waals surface area (Å²) >= 11 is 0. The zero-order valence-electron chi connectivity index (χ0n) is 8.53. The summed E-state index contributed by atoms with van der Waals surface area (Å²) in [6.07, 6.45) is 1.85. The Labute approximate surface area is 88.3 Å². The van der Waals surface area contributed by atoms with Crippen LogP contribution in [0, 0.1) is 0 Å². The van der Waals surface area contributed by atoms with Crippen LogP contribution in [0.3, 0.4) is 0 Å². The van der Waals surface area contributed by atoms with E-state index in [2.05, 4.69) is 11.3 Å². The number of hydrogen-bond acceptors (Lipinski definition) is 3. The maximum absolute atomic E-state index is 11.3. The predicted molar refractivity (Wildman–Crippen MR) is 56.2 cm³/mol. The van der Waals surface area contributed by atoms with Gasteiger partial charge in [-0.15, -0.1) is 6.58 Å². The van der Waals surface area contributed by atoms with Crippen molar-refractivity contribution in [3.05, 3.63) is 42.0 Å². The van der Waals surface area contributed by atoms with E-state index in [4.69, 9.17) is 4.74 Å². The fourth-order valence-corrected chi connectivity index (χ4v) is 1.67. The van der Waals surface area contributed by atoms with Crippen LogP contribution in [0.15, 0.2) is 30.9 Å². The first-order valence-electron chi connectivity index (χ1n) is 4.74. The summed E-state index contributed by atoms with van der Waals surface area (Å²) in [5.74, 6) is 0.637. The Morgan fingerprint density at radius 2 is 2.47 bits per heavy atom. The van der Waals surface area contributed by atoms with Gasteiger partial charge in [-0.1, -0.05) is 12.1 Å². The number of ether oxygens (including phenoxy) is 2. The average molecular weight is 204 g/mol. The molecule has 1 heterocycles. The lowest BCUT2D eigenvalue weighted by Crippen LogP contribution is -2.00. The highest BCUT2D eigenvalue weighted by molar-refractivity contribution is 5.90. The smallest absolute Gasteiger partial charge is 0.337 e. The van der Waals surface area contributed by atoms with Crippen LogP contribution in [-0.4, -0.2) is 19.7 Å². The average Bonchev–Trinajstić information content (AvgIpc) is 2.69. The van der Waals surface area contributed by atoms with Gasteiger partial charge < -0.3 is 9.47 Å². The van der Waals surface area contributed by atoms with Crippen LogP contribution >= 0.6 is 0 Å². The first-order chi connectivity index (χ1) is 7.26. The van der Waals surface area contributed by atoms with Gasteiger partial charge in [0.15, 0.2) is 0 Å². The number of fused-ring (bicyclic) bond motifs is 1. The molecule has 0 radical (unpaired) electrons. The van der Waals surface area contributed by atoms with E-state index in [9.17, 15) is 4.79 Å². The van der Waals surface area contributed by atoms with Gasteiger partial charge >= 0.3 is 5.97 Å². The Balaban J connectivity index is 2.37. The highest BCUT2D eigenvalue weighted by Gasteiger charge is 2.22. The largest absolute Gasteiger partial charge is 0.492 e. The number of hydrogen-bond donors (Lipinski definition) is 0. The van der Waals surface area contributed by atoms with Crippen LogP contribution in [0.1, 0.15) is 21.8 Å². The van der Waals surface area contributed by atoms with Gasteiger partial charge in [-0.05, 0) is 12.1 Å². The molecule has 0 N–H and O–H groups in total. The zero-order chi connectivity index (χ0) is 10.8. The molecule has 0 aliphatic carbocycles. The lowest BCUT2D eigenvalue weighted by atomic mass is 10.0. The summed E-state index contributed by atoms with van der Waals surface area (Å²) in [7, 11) is 1.36. The summed E-state index contributed by atoms with van der Waals surface area (Å²) in [5, 5.41) is 0. The minimum absolute atomic E-state index is 0.228. The number of rotatable bonds is 2. The van der Waals surface area contributed by atoms with E-state index in [1.807, 2.05) is 12.1 Å². The van der Waals surface area contributed by atoms with E-state index < -0.39 is 0 Å². The van der Waals surface area contributed by atoms with Gasteiger partial charge in [0.2, 0.25) is 0 Å². The quantitative estimate of drug-likeness (QED) is 0.547. The van der Waals surface area contributed by atoms with Crippen molar-refractivity contribution in [2.45, 2.75) is 5.92 Å². The molecule has 0 spiro atoms. The molecule has 78 valence electrons. The molecule has 0 aromatic heterocycles. The van der Waals surface area contributed by atoms with Gasteiger partial charge in [0, 0.05) is 11.5 Å². The molecule has 0 bridgehead atoms. The highest BCUT2D eigenvalue weighted by Crippen LogP contribution is 2.35. The van der Waals surface area contributed by atoms with Crippen molar-refractivity contribution >= 4 is 5.97 Å². The van der Waals surface area contributed by atoms with Crippen molar-refractivity contribution < 1.29 is 14.3 Å². The molecule has 1 aromatic carbocycles. The second-order valence-corrected chi connectivity index (χ2v) is 3.40. The predicted octanol–water partition coefficient (Wildman–Crippen LogP) is 2.14. The lowest BCUT2D eigenvalue weighted by molar-refractivity contribution is 0.0600. The van der Waals surface area contributed by atoms with Crippen LogP contribution in [0.4, 0.5) is 0 Å². The Kier molecular flexibility index (Phi) is 2.46. The summed E-state index contributed by atoms with van der Waals surface area (Å²) in [6.45, 7) is 4.34. The standard InChI is InChI=1S/C12H12O3/c1-3-8-7-15-11-6-9(12(13)14-2)4-5-10(8)11/h3-6,8H,1,7H2,2H3. The molecule has 1 aliphatic rings. The van der Waals surface area contributed by atoms with Gasteiger partial charge in [-0.25, -0.2) is 4.79 Å². The van der Waals surface area contributed by atoms with Crippen molar-refractivity contribution in [1.82, 2.24) is 0 Å². The maximum Gasteiger partial charge on any atom is 0.337 e. The second kappa shape index (κ2) is 3.77. The van der Waals surface area contributed by atoms with Gasteiger partial charge in [-0.3, -0.25) is 0 Å². The molecule has 3 nitrogen and oxygen atoms in total. The SMILES string of the molecule is C=CC1COc2cc(C(=O)OC)ccc21. The van der Waals surface area contributed by atoms with E-state index in [0.29, 0.717) is 12.2 Å². The van der Waals surface area contributed by atoms with Crippen LogP contribution in [0.25, 0.3) is 0 Å². The summed E-state index contributed by atoms with van der Waals surface area (Å²) in [6, 6.07) is 5.35. The number of methoxy groups -OCH3 is 1. The first-order valence-corrected chi connectivity index (χ1v) is 4.74. The maximum atomic E-state index is 11.3. The van der Waals surface area contributed by atoms with E-state index in [-0.39, 0.29) is 11.9 Å². The monoisotopic (exact) mass is 204 g/mol. The molecule has 0 fully saturated rings. The fourth-order valence-electron chi connectivity index (χ4n) is 1.67. The fraction of sp³-hybridized carbons (Fsp3) is 0.250. The summed E-state index contributed by atoms with van der Waals surface area (Å²) in [4.78, 5) is 11.3. The van der Waals surface area contributed by atoms with Crippen molar-refractivity contribution in [1.29, 1.82) is 0 Å². The van der Waals surface area contributed by atoms with E-state index in [1.54, 1.807) is 12.1 Å². The van der Waals surface area contributed by atoms with E-state index >= 15 is 0 Å². The molecular weight excluding hydrogens is 192 g/mol. The van der Waals surface area contributed by atoms with Crippen LogP contribution < -0.4 is 4.74 Å².